The number of carbonyl (C=O) groups is 1. The minimum Gasteiger partial charge on any atom is -0.376 e. The Morgan fingerprint density at radius 2 is 1.74 bits per heavy atom. The summed E-state index contributed by atoms with van der Waals surface area (Å²) in [5.74, 6) is 0.811. The third-order valence-electron chi connectivity index (χ3n) is 9.51. The lowest BCUT2D eigenvalue weighted by Gasteiger charge is -2.40. The molecular formula is C35H39Br2ClN2O3. The lowest BCUT2D eigenvalue weighted by atomic mass is 9.76. The van der Waals surface area contributed by atoms with Gasteiger partial charge in [-0.3, -0.25) is 9.78 Å². The number of fused-ring (bicyclic) bond motifs is 2. The molecule has 8 heteroatoms. The Labute approximate surface area is 277 Å². The van der Waals surface area contributed by atoms with Crippen LogP contribution in [0.4, 0.5) is 0 Å². The number of amides is 1. The van der Waals surface area contributed by atoms with E-state index in [-0.39, 0.29) is 30.0 Å². The second kappa shape index (κ2) is 14.1. The van der Waals surface area contributed by atoms with Gasteiger partial charge in [-0.1, -0.05) is 57.9 Å². The molecule has 43 heavy (non-hydrogen) atoms. The van der Waals surface area contributed by atoms with Crippen LogP contribution in [0.25, 0.3) is 0 Å². The van der Waals surface area contributed by atoms with Gasteiger partial charge < -0.3 is 14.4 Å². The van der Waals surface area contributed by atoms with E-state index in [0.29, 0.717) is 25.6 Å². The Bertz CT molecular complexity index is 1430. The number of nitrogens with zero attached hydrogens (tertiary/aromatic N) is 2. The smallest absolute Gasteiger partial charge is 0.225 e. The highest BCUT2D eigenvalue weighted by atomic mass is 79.9. The van der Waals surface area contributed by atoms with Crippen LogP contribution in [-0.2, 0) is 33.7 Å². The average molecular weight is 731 g/mol. The van der Waals surface area contributed by atoms with E-state index < -0.39 is 0 Å². The Hall–Kier alpha value is -1.77. The quantitative estimate of drug-likeness (QED) is 0.245. The molecule has 0 radical (unpaired) electrons. The van der Waals surface area contributed by atoms with Crippen LogP contribution in [-0.4, -0.2) is 47.7 Å². The number of rotatable bonds is 7. The Balaban J connectivity index is 1.15. The predicted octanol–water partition coefficient (Wildman–Crippen LogP) is 8.52. The third-order valence-corrected chi connectivity index (χ3v) is 10.8. The van der Waals surface area contributed by atoms with Gasteiger partial charge >= 0.3 is 0 Å². The molecule has 1 saturated heterocycles. The highest BCUT2D eigenvalue weighted by Crippen LogP contribution is 2.46. The van der Waals surface area contributed by atoms with Crippen molar-refractivity contribution >= 4 is 49.4 Å². The van der Waals surface area contributed by atoms with Crippen LogP contribution in [0, 0.1) is 11.8 Å². The summed E-state index contributed by atoms with van der Waals surface area (Å²) in [5, 5.41) is 0.759. The average Bonchev–Trinajstić information content (AvgIpc) is 3.17. The van der Waals surface area contributed by atoms with Crippen molar-refractivity contribution in [1.29, 1.82) is 0 Å². The zero-order chi connectivity index (χ0) is 29.9. The fourth-order valence-corrected chi connectivity index (χ4v) is 8.92. The highest BCUT2D eigenvalue weighted by Gasteiger charge is 2.40. The summed E-state index contributed by atoms with van der Waals surface area (Å²) in [5.41, 5.74) is 6.22. The molecule has 4 atom stereocenters. The molecule has 1 aliphatic heterocycles. The molecule has 5 nitrogen and oxygen atoms in total. The standard InChI is InChI=1S/C35H39Br2ClN2O3/c1-2-42-30-11-10-26(18-31(30)43-21-22-6-4-3-5-7-22)35(41)40-14-12-23(13-15-40)33-32-24(17-28(38)19-29(32)37)8-9-25-16-27(36)20-39-34(25)33/h3-7,16-17,19-20,23,26,30-31,33H,2,8-15,18,21H2,1H3/t26?,30?,31?,33-/m1/s1. The van der Waals surface area contributed by atoms with E-state index in [2.05, 4.69) is 61.0 Å². The molecule has 2 aromatic carbocycles. The minimum absolute atomic E-state index is 0.0244. The first-order valence-corrected chi connectivity index (χ1v) is 17.6. The van der Waals surface area contributed by atoms with Crippen LogP contribution in [0.1, 0.15) is 72.9 Å². The first-order valence-electron chi connectivity index (χ1n) is 15.6. The van der Waals surface area contributed by atoms with Crippen molar-refractivity contribution in [2.75, 3.05) is 19.7 Å². The first-order chi connectivity index (χ1) is 20.9. The second-order valence-electron chi connectivity index (χ2n) is 12.1. The van der Waals surface area contributed by atoms with Crippen LogP contribution >= 0.6 is 43.5 Å². The van der Waals surface area contributed by atoms with E-state index in [1.54, 1.807) is 0 Å². The van der Waals surface area contributed by atoms with E-state index in [1.807, 2.05) is 37.4 Å². The van der Waals surface area contributed by atoms with Gasteiger partial charge in [-0.15, -0.1) is 0 Å². The molecule has 2 aliphatic carbocycles. The molecule has 6 rings (SSSR count). The van der Waals surface area contributed by atoms with E-state index >= 15 is 0 Å². The first kappa shape index (κ1) is 31.2. The van der Waals surface area contributed by atoms with Crippen LogP contribution < -0.4 is 0 Å². The fourth-order valence-electron chi connectivity index (χ4n) is 7.42. The van der Waals surface area contributed by atoms with Crippen LogP contribution in [0.15, 0.2) is 63.7 Å². The number of pyridine rings is 1. The van der Waals surface area contributed by atoms with Crippen molar-refractivity contribution in [3.05, 3.63) is 96.6 Å². The summed E-state index contributed by atoms with van der Waals surface area (Å²) < 4.78 is 14.5. The molecule has 2 heterocycles. The maximum Gasteiger partial charge on any atom is 0.225 e. The van der Waals surface area contributed by atoms with E-state index in [1.165, 1.54) is 22.4 Å². The number of aryl methyl sites for hydroxylation is 2. The summed E-state index contributed by atoms with van der Waals surface area (Å²) in [6.45, 7) is 4.77. The van der Waals surface area contributed by atoms with Crippen molar-refractivity contribution in [3.8, 4) is 0 Å². The molecule has 0 N–H and O–H groups in total. The molecule has 1 saturated carbocycles. The lowest BCUT2D eigenvalue weighted by Crippen LogP contribution is -2.47. The number of carbonyl (C=O) groups excluding carboxylic acids is 1. The summed E-state index contributed by atoms with van der Waals surface area (Å²) in [7, 11) is 0. The Morgan fingerprint density at radius 1 is 0.977 bits per heavy atom. The van der Waals surface area contributed by atoms with E-state index in [4.69, 9.17) is 26.1 Å². The SMILES string of the molecule is CCOC1CCC(C(=O)N2CCC([C@H]3c4ncc(Br)cc4CCc4cc(Cl)cc(Br)c43)CC2)CC1OCc1ccccc1. The molecule has 2 fully saturated rings. The third kappa shape index (κ3) is 7.06. The zero-order valence-corrected chi connectivity index (χ0v) is 28.5. The van der Waals surface area contributed by atoms with Gasteiger partial charge in [-0.2, -0.15) is 0 Å². The van der Waals surface area contributed by atoms with Gasteiger partial charge in [0.2, 0.25) is 5.91 Å². The van der Waals surface area contributed by atoms with Crippen molar-refractivity contribution < 1.29 is 14.3 Å². The molecule has 0 spiro atoms. The number of aromatic nitrogens is 1. The van der Waals surface area contributed by atoms with Gasteiger partial charge in [0, 0.05) is 51.7 Å². The van der Waals surface area contributed by atoms with Gasteiger partial charge in [0.1, 0.15) is 0 Å². The molecular weight excluding hydrogens is 692 g/mol. The molecule has 3 unspecified atom stereocenters. The predicted molar refractivity (Wildman–Crippen MR) is 177 cm³/mol. The number of likely N-dealkylation sites (tertiary alicyclic amines) is 1. The molecule has 1 aromatic heterocycles. The number of benzene rings is 2. The van der Waals surface area contributed by atoms with Crippen molar-refractivity contribution in [1.82, 2.24) is 9.88 Å². The molecule has 3 aromatic rings. The summed E-state index contributed by atoms with van der Waals surface area (Å²) in [6, 6.07) is 16.6. The van der Waals surface area contributed by atoms with Gasteiger partial charge in [0.25, 0.3) is 0 Å². The van der Waals surface area contributed by atoms with Crippen molar-refractivity contribution in [2.45, 2.75) is 76.6 Å². The summed E-state index contributed by atoms with van der Waals surface area (Å²) >= 11 is 14.0. The maximum absolute atomic E-state index is 13.9. The number of hydrogen-bond donors (Lipinski definition) is 0. The molecule has 3 aliphatic rings. The highest BCUT2D eigenvalue weighted by molar-refractivity contribution is 9.10. The van der Waals surface area contributed by atoms with Crippen LogP contribution in [0.2, 0.25) is 5.02 Å². The molecule has 228 valence electrons. The largest absolute Gasteiger partial charge is 0.376 e. The fraction of sp³-hybridized carbons (Fsp3) is 0.486. The number of hydrogen-bond acceptors (Lipinski definition) is 4. The zero-order valence-electron chi connectivity index (χ0n) is 24.6. The van der Waals surface area contributed by atoms with Gasteiger partial charge in [0.05, 0.1) is 24.5 Å². The second-order valence-corrected chi connectivity index (χ2v) is 14.3. The number of ether oxygens (including phenoxy) is 2. The number of halogens is 3. The van der Waals surface area contributed by atoms with Gasteiger partial charge in [0.15, 0.2) is 0 Å². The van der Waals surface area contributed by atoms with E-state index in [9.17, 15) is 4.79 Å². The van der Waals surface area contributed by atoms with E-state index in [0.717, 1.165) is 71.1 Å². The maximum atomic E-state index is 13.9. The Morgan fingerprint density at radius 3 is 2.51 bits per heavy atom. The topological polar surface area (TPSA) is 51.7 Å². The number of piperidine rings is 1. The van der Waals surface area contributed by atoms with Crippen molar-refractivity contribution in [3.63, 3.8) is 0 Å². The summed E-state index contributed by atoms with van der Waals surface area (Å²) in [6.07, 6.45) is 8.08. The van der Waals surface area contributed by atoms with Crippen LogP contribution in [0.3, 0.4) is 0 Å². The monoisotopic (exact) mass is 728 g/mol. The lowest BCUT2D eigenvalue weighted by molar-refractivity contribution is -0.147. The molecule has 0 bridgehead atoms. The normalized spacial score (nSPS) is 24.2. The minimum atomic E-state index is -0.0750. The summed E-state index contributed by atoms with van der Waals surface area (Å²) in [4.78, 5) is 21.0. The van der Waals surface area contributed by atoms with Crippen molar-refractivity contribution in [2.24, 2.45) is 11.8 Å². The Kier molecular flexibility index (Phi) is 10.2. The van der Waals surface area contributed by atoms with Gasteiger partial charge in [-0.25, -0.2) is 0 Å². The molecule has 1 amide bonds. The van der Waals surface area contributed by atoms with Gasteiger partial charge in [-0.05, 0) is 114 Å². The van der Waals surface area contributed by atoms with Crippen LogP contribution in [0.5, 0.6) is 0 Å².